The van der Waals surface area contributed by atoms with Crippen molar-refractivity contribution in [2.45, 2.75) is 32.3 Å². The fraction of sp³-hybridized carbons (Fsp3) is 0.294. The lowest BCUT2D eigenvalue weighted by atomic mass is 9.83. The molecular weight excluding hydrogens is 239 g/mol. The van der Waals surface area contributed by atoms with Gasteiger partial charge in [-0.2, -0.15) is 0 Å². The summed E-state index contributed by atoms with van der Waals surface area (Å²) in [6, 6.07) is 14.1. The molecule has 0 radical (unpaired) electrons. The van der Waals surface area contributed by atoms with E-state index in [9.17, 15) is 9.50 Å². The van der Waals surface area contributed by atoms with Crippen LogP contribution in [0.2, 0.25) is 0 Å². The van der Waals surface area contributed by atoms with Gasteiger partial charge in [-0.15, -0.1) is 0 Å². The zero-order chi connectivity index (χ0) is 13.9. The van der Waals surface area contributed by atoms with Crippen LogP contribution in [0.3, 0.4) is 0 Å². The van der Waals surface area contributed by atoms with Crippen LogP contribution in [-0.4, -0.2) is 5.11 Å². The summed E-state index contributed by atoms with van der Waals surface area (Å²) in [7, 11) is 0. The average Bonchev–Trinajstić information content (AvgIpc) is 2.47. The van der Waals surface area contributed by atoms with E-state index in [-0.39, 0.29) is 5.82 Å². The molecule has 2 rings (SSSR count). The third kappa shape index (κ3) is 2.54. The van der Waals surface area contributed by atoms with E-state index in [0.717, 1.165) is 12.0 Å². The Labute approximate surface area is 113 Å². The summed E-state index contributed by atoms with van der Waals surface area (Å²) >= 11 is 0. The number of hydrogen-bond acceptors (Lipinski definition) is 1. The molecule has 0 aliphatic heterocycles. The summed E-state index contributed by atoms with van der Waals surface area (Å²) in [6.45, 7) is 3.94. The molecule has 2 aromatic carbocycles. The van der Waals surface area contributed by atoms with Crippen LogP contribution >= 0.6 is 0 Å². The quantitative estimate of drug-likeness (QED) is 0.877. The maximum atomic E-state index is 13.9. The molecule has 19 heavy (non-hydrogen) atoms. The maximum Gasteiger partial charge on any atom is 0.129 e. The third-order valence-electron chi connectivity index (χ3n) is 3.67. The second-order valence-electron chi connectivity index (χ2n) is 4.74. The summed E-state index contributed by atoms with van der Waals surface area (Å²) in [4.78, 5) is 0. The molecule has 0 amide bonds. The largest absolute Gasteiger partial charge is 0.380 e. The Bertz CT molecular complexity index is 547. The van der Waals surface area contributed by atoms with Crippen molar-refractivity contribution in [1.29, 1.82) is 0 Å². The van der Waals surface area contributed by atoms with Gasteiger partial charge in [0, 0.05) is 5.56 Å². The molecule has 0 saturated carbocycles. The monoisotopic (exact) mass is 258 g/mol. The number of aliphatic hydroxyl groups is 1. The molecule has 0 aliphatic rings. The molecule has 1 nitrogen and oxygen atoms in total. The van der Waals surface area contributed by atoms with Gasteiger partial charge in [-0.05, 0) is 30.0 Å². The van der Waals surface area contributed by atoms with Gasteiger partial charge in [-0.1, -0.05) is 56.3 Å². The van der Waals surface area contributed by atoms with Crippen molar-refractivity contribution < 1.29 is 9.50 Å². The van der Waals surface area contributed by atoms with E-state index in [1.165, 1.54) is 11.6 Å². The minimum atomic E-state index is -1.27. The van der Waals surface area contributed by atoms with Gasteiger partial charge >= 0.3 is 0 Å². The Balaban J connectivity index is 2.50. The molecule has 0 heterocycles. The molecule has 100 valence electrons. The minimum Gasteiger partial charge on any atom is -0.380 e. The van der Waals surface area contributed by atoms with E-state index in [2.05, 4.69) is 6.92 Å². The topological polar surface area (TPSA) is 20.2 Å². The number of benzene rings is 2. The van der Waals surface area contributed by atoms with Crippen LogP contribution < -0.4 is 0 Å². The molecular formula is C17H19FO. The van der Waals surface area contributed by atoms with Crippen LogP contribution in [0.25, 0.3) is 0 Å². The summed E-state index contributed by atoms with van der Waals surface area (Å²) in [5.74, 6) is -0.369. The molecule has 2 heteroatoms. The second kappa shape index (κ2) is 5.54. The standard InChI is InChI=1S/C17H19FO/c1-3-13-9-11-14(12-10-13)17(19,4-2)15-7-5-6-8-16(15)18/h5-12,19H,3-4H2,1-2H3. The SMILES string of the molecule is CCc1ccc(C(O)(CC)c2ccccc2F)cc1. The van der Waals surface area contributed by atoms with Gasteiger partial charge in [0.25, 0.3) is 0 Å². The van der Waals surface area contributed by atoms with Crippen molar-refractivity contribution in [3.63, 3.8) is 0 Å². The van der Waals surface area contributed by atoms with Gasteiger partial charge in [-0.25, -0.2) is 4.39 Å². The van der Waals surface area contributed by atoms with Crippen molar-refractivity contribution in [3.8, 4) is 0 Å². The van der Waals surface area contributed by atoms with E-state index >= 15 is 0 Å². The summed E-state index contributed by atoms with van der Waals surface area (Å²) in [6.07, 6.45) is 1.38. The Morgan fingerprint density at radius 3 is 2.16 bits per heavy atom. The van der Waals surface area contributed by atoms with Crippen LogP contribution in [0.1, 0.15) is 37.0 Å². The van der Waals surface area contributed by atoms with Gasteiger partial charge in [-0.3, -0.25) is 0 Å². The van der Waals surface area contributed by atoms with Gasteiger partial charge < -0.3 is 5.11 Å². The molecule has 0 aliphatic carbocycles. The summed E-state index contributed by atoms with van der Waals surface area (Å²) in [5.41, 5.74) is 1.01. The highest BCUT2D eigenvalue weighted by molar-refractivity contribution is 5.38. The first-order chi connectivity index (χ1) is 9.11. The second-order valence-corrected chi connectivity index (χ2v) is 4.74. The van der Waals surface area contributed by atoms with Crippen LogP contribution in [0.5, 0.6) is 0 Å². The minimum absolute atomic E-state index is 0.335. The maximum absolute atomic E-state index is 13.9. The predicted molar refractivity (Wildman–Crippen MR) is 75.5 cm³/mol. The fourth-order valence-electron chi connectivity index (χ4n) is 2.36. The number of halogens is 1. The Hall–Kier alpha value is -1.67. The Morgan fingerprint density at radius 1 is 1.00 bits per heavy atom. The lowest BCUT2D eigenvalue weighted by molar-refractivity contribution is 0.0725. The van der Waals surface area contributed by atoms with Gasteiger partial charge in [0.1, 0.15) is 11.4 Å². The zero-order valence-electron chi connectivity index (χ0n) is 11.4. The summed E-state index contributed by atoms with van der Waals surface area (Å²) in [5, 5.41) is 10.9. The molecule has 1 unspecified atom stereocenters. The van der Waals surface area contributed by atoms with Crippen LogP contribution in [0.4, 0.5) is 4.39 Å². The molecule has 0 fully saturated rings. The van der Waals surface area contributed by atoms with Crippen LogP contribution in [-0.2, 0) is 12.0 Å². The number of hydrogen-bond donors (Lipinski definition) is 1. The van der Waals surface area contributed by atoms with Crippen molar-refractivity contribution in [3.05, 3.63) is 71.0 Å². The third-order valence-corrected chi connectivity index (χ3v) is 3.67. The molecule has 0 spiro atoms. The number of rotatable bonds is 4. The van der Waals surface area contributed by atoms with Crippen molar-refractivity contribution in [1.82, 2.24) is 0 Å². The highest BCUT2D eigenvalue weighted by Crippen LogP contribution is 2.34. The van der Waals surface area contributed by atoms with Crippen molar-refractivity contribution >= 4 is 0 Å². The smallest absolute Gasteiger partial charge is 0.129 e. The first kappa shape index (κ1) is 13.8. The van der Waals surface area contributed by atoms with E-state index in [1.807, 2.05) is 31.2 Å². The van der Waals surface area contributed by atoms with E-state index in [0.29, 0.717) is 12.0 Å². The molecule has 0 aromatic heterocycles. The first-order valence-corrected chi connectivity index (χ1v) is 6.68. The van der Waals surface area contributed by atoms with E-state index < -0.39 is 5.60 Å². The van der Waals surface area contributed by atoms with Gasteiger partial charge in [0.2, 0.25) is 0 Å². The molecule has 1 N–H and O–H groups in total. The van der Waals surface area contributed by atoms with E-state index in [1.54, 1.807) is 18.2 Å². The highest BCUT2D eigenvalue weighted by Gasteiger charge is 2.31. The van der Waals surface area contributed by atoms with Gasteiger partial charge in [0.15, 0.2) is 0 Å². The Morgan fingerprint density at radius 2 is 1.63 bits per heavy atom. The summed E-state index contributed by atoms with van der Waals surface area (Å²) < 4.78 is 13.9. The normalized spacial score (nSPS) is 14.1. The van der Waals surface area contributed by atoms with Crippen LogP contribution in [0.15, 0.2) is 48.5 Å². The highest BCUT2D eigenvalue weighted by atomic mass is 19.1. The van der Waals surface area contributed by atoms with Crippen molar-refractivity contribution in [2.24, 2.45) is 0 Å². The van der Waals surface area contributed by atoms with Gasteiger partial charge in [0.05, 0.1) is 0 Å². The molecule has 0 bridgehead atoms. The van der Waals surface area contributed by atoms with Crippen molar-refractivity contribution in [2.75, 3.05) is 0 Å². The predicted octanol–water partition coefficient (Wildman–Crippen LogP) is 4.03. The zero-order valence-corrected chi connectivity index (χ0v) is 11.4. The first-order valence-electron chi connectivity index (χ1n) is 6.68. The lowest BCUT2D eigenvalue weighted by Gasteiger charge is -2.28. The fourth-order valence-corrected chi connectivity index (χ4v) is 2.36. The Kier molecular flexibility index (Phi) is 4.01. The molecule has 0 saturated heterocycles. The number of aryl methyl sites for hydroxylation is 1. The molecule has 2 aromatic rings. The average molecular weight is 258 g/mol. The van der Waals surface area contributed by atoms with Crippen LogP contribution in [0, 0.1) is 5.82 Å². The lowest BCUT2D eigenvalue weighted by Crippen LogP contribution is -2.27. The van der Waals surface area contributed by atoms with E-state index in [4.69, 9.17) is 0 Å². The molecule has 1 atom stereocenters.